The third-order valence-corrected chi connectivity index (χ3v) is 0. The van der Waals surface area contributed by atoms with Gasteiger partial charge in [0.15, 0.2) is 0 Å². The van der Waals surface area contributed by atoms with Crippen LogP contribution < -0.4 is 58.1 Å². The molecule has 0 aliphatic rings. The van der Waals surface area contributed by atoms with Crippen molar-refractivity contribution in [2.45, 2.75) is 0 Å². The quantitative estimate of drug-likeness (QED) is 0.355. The Kier molecular flexibility index (Phi) is 61.7. The predicted octanol–water partition coefficient (Wildman–Crippen LogP) is -10.9. The van der Waals surface area contributed by atoms with Crippen LogP contribution in [0.1, 0.15) is 0 Å². The van der Waals surface area contributed by atoms with Gasteiger partial charge in [0.1, 0.15) is 0 Å². The molecule has 0 aromatic carbocycles. The summed E-state index contributed by atoms with van der Waals surface area (Å²) in [6.07, 6.45) is -4.67. The van der Waals surface area contributed by atoms with Crippen LogP contribution in [0.5, 0.6) is 0 Å². The van der Waals surface area contributed by atoms with Crippen molar-refractivity contribution in [2.75, 3.05) is 0 Å². The van der Waals surface area contributed by atoms with Gasteiger partial charge in [0, 0.05) is 0 Å². The summed E-state index contributed by atoms with van der Waals surface area (Å²) in [7, 11) is 0. The topological polar surface area (TPSA) is 126 Å². The molecule has 0 unspecified atom stereocenters. The molecule has 0 spiro atoms. The summed E-state index contributed by atoms with van der Waals surface area (Å²) in [6, 6.07) is 0. The molecule has 57 valence electrons. The van der Waals surface area contributed by atoms with Gasteiger partial charge in [-0.3, -0.25) is 0 Å². The number of carbonyl (C=O) groups is 2. The average molecular weight is 197 g/mol. The van der Waals surface area contributed by atoms with Crippen LogP contribution in [-0.2, 0) is 17.1 Å². The normalized spacial score (nSPS) is 4.36. The van der Waals surface area contributed by atoms with Gasteiger partial charge < -0.3 is 30.0 Å². The zero-order chi connectivity index (χ0) is 7.15. The first kappa shape index (κ1) is 30.3. The summed E-state index contributed by atoms with van der Waals surface area (Å²) in [5.74, 6) is 0. The first-order chi connectivity index (χ1) is 3.46. The summed E-state index contributed by atoms with van der Waals surface area (Å²) in [6.45, 7) is 0. The van der Waals surface area contributed by atoms with Crippen LogP contribution in [0, 0.1) is 0 Å². The second kappa shape index (κ2) is 22.5. The van der Waals surface area contributed by atoms with E-state index in [2.05, 4.69) is 0 Å². The number of carboxylic acid groups (broad SMARTS) is 4. The molecule has 0 N–H and O–H groups in total. The van der Waals surface area contributed by atoms with Crippen molar-refractivity contribution < 1.29 is 84.8 Å². The summed E-state index contributed by atoms with van der Waals surface area (Å²) in [5.41, 5.74) is 0. The Morgan fingerprint density at radius 3 is 0.727 bits per heavy atom. The molecule has 1 radical (unpaired) electrons. The molecule has 0 aromatic heterocycles. The first-order valence-electron chi connectivity index (χ1n) is 1.22. The fraction of sp³-hybridized carbons (Fsp3) is 0. The van der Waals surface area contributed by atoms with E-state index in [4.69, 9.17) is 30.0 Å². The van der Waals surface area contributed by atoms with E-state index in [0.29, 0.717) is 0 Å². The predicted molar refractivity (Wildman–Crippen MR) is 10.8 cm³/mol. The molecule has 0 saturated carbocycles. The second-order valence-corrected chi connectivity index (χ2v) is 0.500. The Morgan fingerprint density at radius 2 is 0.727 bits per heavy atom. The molecule has 0 aromatic rings. The third-order valence-electron chi connectivity index (χ3n) is 0. The van der Waals surface area contributed by atoms with Crippen molar-refractivity contribution in [3.63, 3.8) is 0 Å². The SMILES string of the molecule is O=C([O-])[O-].O=C([O-])[O-].[Cu+2].[Li+].[Li+]. The maximum atomic E-state index is 8.33. The number of hydrogen-bond acceptors (Lipinski definition) is 6. The van der Waals surface area contributed by atoms with E-state index in [0.717, 1.165) is 0 Å². The Labute approximate surface area is 96.8 Å². The monoisotopic (exact) mass is 197 g/mol. The van der Waals surface area contributed by atoms with Gasteiger partial charge in [-0.1, -0.05) is 0 Å². The van der Waals surface area contributed by atoms with E-state index < -0.39 is 12.3 Å². The van der Waals surface area contributed by atoms with Crippen molar-refractivity contribution >= 4 is 12.3 Å². The minimum Gasteiger partial charge on any atom is -0.652 e. The van der Waals surface area contributed by atoms with Gasteiger partial charge in [0.25, 0.3) is 0 Å². The number of rotatable bonds is 0. The van der Waals surface area contributed by atoms with Gasteiger partial charge in [-0.2, -0.15) is 0 Å². The van der Waals surface area contributed by atoms with E-state index in [9.17, 15) is 0 Å². The van der Waals surface area contributed by atoms with E-state index in [1.165, 1.54) is 0 Å². The zero-order valence-corrected chi connectivity index (χ0v) is 6.69. The van der Waals surface area contributed by atoms with Crippen molar-refractivity contribution in [3.8, 4) is 0 Å². The van der Waals surface area contributed by atoms with E-state index in [-0.39, 0.29) is 54.8 Å². The largest absolute Gasteiger partial charge is 2.00 e. The third kappa shape index (κ3) is 10800. The second-order valence-electron chi connectivity index (χ2n) is 0.500. The maximum absolute atomic E-state index is 8.33. The van der Waals surface area contributed by atoms with Gasteiger partial charge in [0.05, 0.1) is 0 Å². The molecule has 6 nitrogen and oxygen atoms in total. The first-order valence-corrected chi connectivity index (χ1v) is 1.22. The van der Waals surface area contributed by atoms with Crippen LogP contribution in [0.15, 0.2) is 0 Å². The van der Waals surface area contributed by atoms with E-state index >= 15 is 0 Å². The summed E-state index contributed by atoms with van der Waals surface area (Å²) < 4.78 is 0. The van der Waals surface area contributed by atoms with Gasteiger partial charge in [-0.05, 0) is 12.3 Å². The van der Waals surface area contributed by atoms with Crippen LogP contribution in [0.4, 0.5) is 9.59 Å². The molecular formula is C2CuLi2O6. The Bertz CT molecular complexity index is 76.6. The standard InChI is InChI=1S/2CH2O3.Cu.2Li/c2*2-1(3)4;;;/h2*(H2,2,3,4);;;/q;;+2;2*+1/p-4. The Morgan fingerprint density at radius 1 is 0.727 bits per heavy atom. The summed E-state index contributed by atoms with van der Waals surface area (Å²) in [4.78, 5) is 16.7. The molecule has 0 aliphatic heterocycles. The maximum Gasteiger partial charge on any atom is 2.00 e. The van der Waals surface area contributed by atoms with Crippen LogP contribution >= 0.6 is 0 Å². The van der Waals surface area contributed by atoms with Crippen molar-refractivity contribution in [3.05, 3.63) is 0 Å². The van der Waals surface area contributed by atoms with E-state index in [1.807, 2.05) is 0 Å². The minimum atomic E-state index is -2.33. The van der Waals surface area contributed by atoms with E-state index in [1.54, 1.807) is 0 Å². The molecule has 0 amide bonds. The fourth-order valence-electron chi connectivity index (χ4n) is 0. The van der Waals surface area contributed by atoms with Crippen LogP contribution in [0.25, 0.3) is 0 Å². The van der Waals surface area contributed by atoms with Crippen LogP contribution in [-0.4, -0.2) is 12.3 Å². The smallest absolute Gasteiger partial charge is 0.652 e. The molecule has 0 aliphatic carbocycles. The van der Waals surface area contributed by atoms with Crippen LogP contribution in [0.2, 0.25) is 0 Å². The number of carbonyl (C=O) groups excluding carboxylic acids is 2. The van der Waals surface area contributed by atoms with Crippen molar-refractivity contribution in [2.24, 2.45) is 0 Å². The molecule has 0 fully saturated rings. The molecule has 0 rings (SSSR count). The molecule has 9 heteroatoms. The zero-order valence-electron chi connectivity index (χ0n) is 5.75. The number of hydrogen-bond donors (Lipinski definition) is 0. The molecule has 0 atom stereocenters. The minimum absolute atomic E-state index is 0. The van der Waals surface area contributed by atoms with Gasteiger partial charge in [-0.25, -0.2) is 0 Å². The molecular weight excluding hydrogens is 197 g/mol. The molecule has 11 heavy (non-hydrogen) atoms. The van der Waals surface area contributed by atoms with Crippen molar-refractivity contribution in [1.29, 1.82) is 0 Å². The molecule has 0 bridgehead atoms. The molecule has 0 saturated heterocycles. The Hall–Kier alpha value is 0.254. The fourth-order valence-corrected chi connectivity index (χ4v) is 0. The molecule has 0 heterocycles. The van der Waals surface area contributed by atoms with Crippen LogP contribution in [0.3, 0.4) is 0 Å². The average Bonchev–Trinajstić information content (AvgIpc) is 1.25. The summed E-state index contributed by atoms with van der Waals surface area (Å²) in [5, 5.41) is 33.3. The summed E-state index contributed by atoms with van der Waals surface area (Å²) >= 11 is 0. The Balaban J connectivity index is -0.0000000171. The van der Waals surface area contributed by atoms with Gasteiger partial charge in [-0.15, -0.1) is 0 Å². The van der Waals surface area contributed by atoms with Gasteiger partial charge in [0.2, 0.25) is 0 Å². The van der Waals surface area contributed by atoms with Crippen molar-refractivity contribution in [1.82, 2.24) is 0 Å². The van der Waals surface area contributed by atoms with Gasteiger partial charge >= 0.3 is 54.8 Å².